The Hall–Kier alpha value is -1.91. The minimum absolute atomic E-state index is 0.0410. The van der Waals surface area contributed by atoms with Crippen LogP contribution < -0.4 is 13.8 Å². The SMILES string of the molecule is O=[N+]([O-])c1ccc2c(c1)Oc1cccnc1[Se]2. The molecule has 0 spiro atoms. The number of aromatic nitrogens is 1. The Morgan fingerprint density at radius 1 is 1.29 bits per heavy atom. The molecule has 0 aliphatic carbocycles. The maximum absolute atomic E-state index is 10.7. The summed E-state index contributed by atoms with van der Waals surface area (Å²) in [7, 11) is 0. The number of rotatable bonds is 1. The second-order valence-corrected chi connectivity index (χ2v) is 5.56. The first-order valence-corrected chi connectivity index (χ1v) is 6.54. The zero-order valence-electron chi connectivity index (χ0n) is 8.49. The van der Waals surface area contributed by atoms with E-state index in [-0.39, 0.29) is 20.6 Å². The van der Waals surface area contributed by atoms with E-state index in [1.165, 1.54) is 12.1 Å². The number of nitro groups is 1. The minimum atomic E-state index is -0.421. The summed E-state index contributed by atoms with van der Waals surface area (Å²) in [5.74, 6) is 1.26. The Kier molecular flexibility index (Phi) is 2.31. The van der Waals surface area contributed by atoms with E-state index in [2.05, 4.69) is 4.98 Å². The zero-order chi connectivity index (χ0) is 11.8. The second-order valence-electron chi connectivity index (χ2n) is 3.40. The molecule has 2 heterocycles. The van der Waals surface area contributed by atoms with E-state index in [4.69, 9.17) is 4.74 Å². The number of hydrogen-bond donors (Lipinski definition) is 0. The van der Waals surface area contributed by atoms with Crippen LogP contribution in [-0.2, 0) is 0 Å². The predicted octanol–water partition coefficient (Wildman–Crippen LogP) is 0.750. The van der Waals surface area contributed by atoms with Crippen molar-refractivity contribution in [3.8, 4) is 11.5 Å². The summed E-state index contributed by atoms with van der Waals surface area (Å²) in [6, 6.07) is 8.32. The maximum atomic E-state index is 10.7. The first-order chi connectivity index (χ1) is 8.24. The molecule has 0 amide bonds. The molecule has 17 heavy (non-hydrogen) atoms. The van der Waals surface area contributed by atoms with Crippen molar-refractivity contribution in [2.75, 3.05) is 0 Å². The van der Waals surface area contributed by atoms with E-state index < -0.39 is 4.92 Å². The molecule has 2 aromatic rings. The van der Waals surface area contributed by atoms with Crippen LogP contribution in [0.25, 0.3) is 0 Å². The van der Waals surface area contributed by atoms with Crippen LogP contribution in [0.2, 0.25) is 0 Å². The van der Waals surface area contributed by atoms with Crippen LogP contribution >= 0.6 is 0 Å². The molecular weight excluding hydrogens is 287 g/mol. The molecule has 0 saturated heterocycles. The van der Waals surface area contributed by atoms with Gasteiger partial charge in [0.05, 0.1) is 0 Å². The number of non-ortho nitro benzene ring substituents is 1. The van der Waals surface area contributed by atoms with Gasteiger partial charge in [-0.3, -0.25) is 0 Å². The van der Waals surface area contributed by atoms with Crippen molar-refractivity contribution in [3.63, 3.8) is 0 Å². The summed E-state index contributed by atoms with van der Waals surface area (Å²) in [6.45, 7) is 0. The van der Waals surface area contributed by atoms with Crippen LogP contribution in [0.1, 0.15) is 0 Å². The van der Waals surface area contributed by atoms with Gasteiger partial charge in [-0.05, 0) is 0 Å². The van der Waals surface area contributed by atoms with Gasteiger partial charge in [-0.15, -0.1) is 0 Å². The molecule has 1 aliphatic rings. The van der Waals surface area contributed by atoms with Gasteiger partial charge in [-0.2, -0.15) is 0 Å². The summed E-state index contributed by atoms with van der Waals surface area (Å²) in [4.78, 5) is 14.5. The van der Waals surface area contributed by atoms with Crippen molar-refractivity contribution in [3.05, 3.63) is 46.6 Å². The monoisotopic (exact) mass is 294 g/mol. The molecule has 0 N–H and O–H groups in total. The number of nitrogens with zero attached hydrogens (tertiary/aromatic N) is 2. The average molecular weight is 293 g/mol. The zero-order valence-corrected chi connectivity index (χ0v) is 10.2. The number of ether oxygens (including phenoxy) is 1. The Morgan fingerprint density at radius 3 is 3.00 bits per heavy atom. The molecule has 0 unspecified atom stereocenters. The third-order valence-electron chi connectivity index (χ3n) is 2.30. The molecule has 0 saturated carbocycles. The third-order valence-corrected chi connectivity index (χ3v) is 4.52. The molecule has 6 heteroatoms. The first kappa shape index (κ1) is 10.3. The molecule has 84 valence electrons. The third kappa shape index (κ3) is 1.77. The van der Waals surface area contributed by atoms with Gasteiger partial charge in [0.15, 0.2) is 0 Å². The Balaban J connectivity index is 2.06. The quantitative estimate of drug-likeness (QED) is 0.377. The van der Waals surface area contributed by atoms with E-state index in [1.807, 2.05) is 6.07 Å². The summed E-state index contributed by atoms with van der Waals surface area (Å²) in [6.07, 6.45) is 1.72. The molecule has 0 fully saturated rings. The van der Waals surface area contributed by atoms with E-state index >= 15 is 0 Å². The molecule has 0 atom stereocenters. The molecule has 0 bridgehead atoms. The molecule has 1 aliphatic heterocycles. The fourth-order valence-electron chi connectivity index (χ4n) is 1.53. The van der Waals surface area contributed by atoms with Crippen molar-refractivity contribution in [1.82, 2.24) is 4.98 Å². The number of hydrogen-bond acceptors (Lipinski definition) is 4. The summed E-state index contributed by atoms with van der Waals surface area (Å²) in [5, 5.41) is 10.7. The number of fused-ring (bicyclic) bond motifs is 2. The van der Waals surface area contributed by atoms with E-state index in [0.29, 0.717) is 11.5 Å². The Labute approximate surface area is 103 Å². The standard InChI is InChI=1S/C11H6N2O3Se/c14-13(15)7-3-4-10-9(6-7)16-8-2-1-5-12-11(8)17-10/h1-6H. The van der Waals surface area contributed by atoms with Crippen LogP contribution in [0.15, 0.2) is 36.5 Å². The fraction of sp³-hybridized carbons (Fsp3) is 0. The number of pyridine rings is 1. The van der Waals surface area contributed by atoms with E-state index in [0.717, 1.165) is 9.05 Å². The van der Waals surface area contributed by atoms with Crippen molar-refractivity contribution in [1.29, 1.82) is 0 Å². The molecule has 5 nitrogen and oxygen atoms in total. The van der Waals surface area contributed by atoms with Gasteiger partial charge in [0.1, 0.15) is 0 Å². The molecule has 1 aromatic carbocycles. The number of nitro benzene ring substituents is 1. The van der Waals surface area contributed by atoms with Gasteiger partial charge in [0, 0.05) is 0 Å². The predicted molar refractivity (Wildman–Crippen MR) is 62.4 cm³/mol. The second kappa shape index (κ2) is 3.83. The summed E-state index contributed by atoms with van der Waals surface area (Å²) >= 11 is 0.0410. The Morgan fingerprint density at radius 2 is 2.18 bits per heavy atom. The van der Waals surface area contributed by atoms with Gasteiger partial charge in [0.25, 0.3) is 0 Å². The van der Waals surface area contributed by atoms with E-state index in [1.54, 1.807) is 18.3 Å². The van der Waals surface area contributed by atoms with Gasteiger partial charge in [-0.25, -0.2) is 0 Å². The summed E-state index contributed by atoms with van der Waals surface area (Å²) < 4.78 is 7.52. The van der Waals surface area contributed by atoms with Crippen molar-refractivity contribution >= 4 is 29.7 Å². The topological polar surface area (TPSA) is 65.3 Å². The normalized spacial score (nSPS) is 12.2. The average Bonchev–Trinajstić information content (AvgIpc) is 2.35. The first-order valence-electron chi connectivity index (χ1n) is 4.83. The van der Waals surface area contributed by atoms with Gasteiger partial charge >= 0.3 is 102 Å². The molecule has 0 radical (unpaired) electrons. The summed E-state index contributed by atoms with van der Waals surface area (Å²) in [5.41, 5.74) is 0.0480. The fourth-order valence-corrected chi connectivity index (χ4v) is 3.35. The van der Waals surface area contributed by atoms with Crippen molar-refractivity contribution < 1.29 is 9.66 Å². The van der Waals surface area contributed by atoms with Gasteiger partial charge < -0.3 is 0 Å². The van der Waals surface area contributed by atoms with Crippen LogP contribution in [0.5, 0.6) is 11.5 Å². The van der Waals surface area contributed by atoms with Crippen LogP contribution in [0.3, 0.4) is 0 Å². The number of benzene rings is 1. The van der Waals surface area contributed by atoms with Gasteiger partial charge in [-0.1, -0.05) is 0 Å². The van der Waals surface area contributed by atoms with Crippen LogP contribution in [-0.4, -0.2) is 24.9 Å². The van der Waals surface area contributed by atoms with E-state index in [9.17, 15) is 10.1 Å². The molecular formula is C11H6N2O3Se. The Bertz CT molecular complexity index is 615. The van der Waals surface area contributed by atoms with Crippen LogP contribution in [0.4, 0.5) is 5.69 Å². The van der Waals surface area contributed by atoms with Gasteiger partial charge in [0.2, 0.25) is 0 Å². The van der Waals surface area contributed by atoms with Crippen molar-refractivity contribution in [2.24, 2.45) is 0 Å². The van der Waals surface area contributed by atoms with Crippen molar-refractivity contribution in [2.45, 2.75) is 0 Å². The van der Waals surface area contributed by atoms with Crippen LogP contribution in [0, 0.1) is 10.1 Å². The molecule has 1 aromatic heterocycles. The molecule has 3 rings (SSSR count).